The van der Waals surface area contributed by atoms with Crippen molar-refractivity contribution in [2.45, 2.75) is 20.0 Å². The monoisotopic (exact) mass is 242 g/mol. The van der Waals surface area contributed by atoms with E-state index in [1.807, 2.05) is 5.32 Å². The highest BCUT2D eigenvalue weighted by Crippen LogP contribution is 2.13. The van der Waals surface area contributed by atoms with Crippen LogP contribution in [0.1, 0.15) is 13.8 Å². The Hall–Kier alpha value is -1.47. The van der Waals surface area contributed by atoms with E-state index in [-0.39, 0.29) is 6.54 Å². The molecule has 0 unspecified atom stereocenters. The lowest BCUT2D eigenvalue weighted by molar-refractivity contribution is -0.146. The molecular weight excluding hydrogens is 229 g/mol. The number of halogens is 3. The Morgan fingerprint density at radius 1 is 1.12 bits per heavy atom. The molecule has 0 rings (SSSR count). The quantitative estimate of drug-likeness (QED) is 0.687. The summed E-state index contributed by atoms with van der Waals surface area (Å²) in [6, 6.07) is -1.05. The SMILES string of the molecule is CC(C)(CNC(=O)NCC(F)(F)F)C(=O)O. The number of carboxylic acid groups (broad SMARTS) is 1. The largest absolute Gasteiger partial charge is 0.481 e. The van der Waals surface area contributed by atoms with Crippen molar-refractivity contribution in [2.75, 3.05) is 13.1 Å². The Kier molecular flexibility index (Phi) is 4.58. The number of hydrogen-bond acceptors (Lipinski definition) is 2. The number of carboxylic acids is 1. The van der Waals surface area contributed by atoms with Crippen LogP contribution >= 0.6 is 0 Å². The summed E-state index contributed by atoms with van der Waals surface area (Å²) >= 11 is 0. The number of carbonyl (C=O) groups is 2. The van der Waals surface area contributed by atoms with Gasteiger partial charge in [0.15, 0.2) is 0 Å². The zero-order valence-electron chi connectivity index (χ0n) is 8.81. The van der Waals surface area contributed by atoms with E-state index in [1.165, 1.54) is 13.8 Å². The predicted molar refractivity (Wildman–Crippen MR) is 48.9 cm³/mol. The minimum absolute atomic E-state index is 0.258. The molecule has 0 aromatic heterocycles. The molecule has 0 saturated carbocycles. The van der Waals surface area contributed by atoms with Crippen molar-refractivity contribution in [2.24, 2.45) is 5.41 Å². The van der Waals surface area contributed by atoms with Gasteiger partial charge in [-0.3, -0.25) is 4.79 Å². The topological polar surface area (TPSA) is 78.4 Å². The van der Waals surface area contributed by atoms with Crippen molar-refractivity contribution in [3.63, 3.8) is 0 Å². The second-order valence-corrected chi connectivity index (χ2v) is 3.84. The van der Waals surface area contributed by atoms with E-state index in [9.17, 15) is 22.8 Å². The van der Waals surface area contributed by atoms with Crippen LogP contribution in [0.15, 0.2) is 0 Å². The summed E-state index contributed by atoms with van der Waals surface area (Å²) in [5, 5.41) is 12.3. The summed E-state index contributed by atoms with van der Waals surface area (Å²) in [5.74, 6) is -1.15. The van der Waals surface area contributed by atoms with E-state index < -0.39 is 30.1 Å². The van der Waals surface area contributed by atoms with Gasteiger partial charge in [-0.2, -0.15) is 13.2 Å². The lowest BCUT2D eigenvalue weighted by atomic mass is 9.94. The van der Waals surface area contributed by atoms with Crippen molar-refractivity contribution in [1.29, 1.82) is 0 Å². The molecule has 3 N–H and O–H groups in total. The summed E-state index contributed by atoms with van der Waals surface area (Å²) in [6.07, 6.45) is -4.49. The van der Waals surface area contributed by atoms with Gasteiger partial charge in [-0.15, -0.1) is 0 Å². The summed E-state index contributed by atoms with van der Waals surface area (Å²) in [7, 11) is 0. The molecule has 0 fully saturated rings. The first-order valence-electron chi connectivity index (χ1n) is 4.36. The molecule has 0 atom stereocenters. The van der Waals surface area contributed by atoms with Crippen LogP contribution in [0.2, 0.25) is 0 Å². The van der Waals surface area contributed by atoms with E-state index >= 15 is 0 Å². The van der Waals surface area contributed by atoms with Gasteiger partial charge in [-0.05, 0) is 13.8 Å². The van der Waals surface area contributed by atoms with Crippen LogP contribution in [0.25, 0.3) is 0 Å². The average Bonchev–Trinajstić information content (AvgIpc) is 2.10. The smallest absolute Gasteiger partial charge is 0.405 e. The van der Waals surface area contributed by atoms with Crippen LogP contribution < -0.4 is 10.6 Å². The van der Waals surface area contributed by atoms with Gasteiger partial charge >= 0.3 is 18.2 Å². The Morgan fingerprint density at radius 3 is 1.94 bits per heavy atom. The first kappa shape index (κ1) is 14.5. The van der Waals surface area contributed by atoms with Gasteiger partial charge in [0.05, 0.1) is 5.41 Å². The zero-order valence-corrected chi connectivity index (χ0v) is 8.81. The molecule has 94 valence electrons. The molecule has 0 heterocycles. The van der Waals surface area contributed by atoms with E-state index in [0.29, 0.717) is 0 Å². The minimum atomic E-state index is -4.49. The molecule has 0 aliphatic carbocycles. The fraction of sp³-hybridized carbons (Fsp3) is 0.750. The maximum absolute atomic E-state index is 11.7. The van der Waals surface area contributed by atoms with Gasteiger partial charge < -0.3 is 15.7 Å². The van der Waals surface area contributed by atoms with Gasteiger partial charge in [0, 0.05) is 6.54 Å². The maximum atomic E-state index is 11.7. The summed E-state index contributed by atoms with van der Waals surface area (Å²) < 4.78 is 35.0. The molecule has 0 bridgehead atoms. The second kappa shape index (κ2) is 5.04. The summed E-state index contributed by atoms with van der Waals surface area (Å²) in [5.41, 5.74) is -1.23. The number of rotatable bonds is 4. The third-order valence-corrected chi connectivity index (χ3v) is 1.72. The minimum Gasteiger partial charge on any atom is -0.481 e. The number of amides is 2. The van der Waals surface area contributed by atoms with Gasteiger partial charge in [-0.1, -0.05) is 0 Å². The van der Waals surface area contributed by atoms with E-state index in [1.54, 1.807) is 5.32 Å². The maximum Gasteiger partial charge on any atom is 0.405 e. The van der Waals surface area contributed by atoms with Gasteiger partial charge in [0.25, 0.3) is 0 Å². The van der Waals surface area contributed by atoms with Crippen LogP contribution in [-0.4, -0.2) is 36.4 Å². The highest BCUT2D eigenvalue weighted by molar-refractivity contribution is 5.77. The fourth-order valence-electron chi connectivity index (χ4n) is 0.620. The van der Waals surface area contributed by atoms with Crippen LogP contribution in [0, 0.1) is 5.41 Å². The standard InChI is InChI=1S/C8H13F3N2O3/c1-7(2,5(14)15)3-12-6(16)13-4-8(9,10)11/h3-4H2,1-2H3,(H,14,15)(H2,12,13,16). The number of alkyl halides is 3. The van der Waals surface area contributed by atoms with Crippen LogP contribution in [0.3, 0.4) is 0 Å². The Bertz CT molecular complexity index is 276. The van der Waals surface area contributed by atoms with Crippen molar-refractivity contribution in [3.8, 4) is 0 Å². The van der Waals surface area contributed by atoms with Gasteiger partial charge in [0.1, 0.15) is 6.54 Å². The average molecular weight is 242 g/mol. The molecule has 2 amide bonds. The Labute approximate surface area is 90.0 Å². The highest BCUT2D eigenvalue weighted by Gasteiger charge is 2.30. The predicted octanol–water partition coefficient (Wildman–Crippen LogP) is 0.959. The molecule has 0 aromatic rings. The molecule has 0 saturated heterocycles. The summed E-state index contributed by atoms with van der Waals surface area (Å²) in [4.78, 5) is 21.4. The van der Waals surface area contributed by atoms with Gasteiger partial charge in [0.2, 0.25) is 0 Å². The molecular formula is C8H13F3N2O3. The molecule has 0 aromatic carbocycles. The molecule has 16 heavy (non-hydrogen) atoms. The van der Waals surface area contributed by atoms with Crippen LogP contribution in [0.5, 0.6) is 0 Å². The molecule has 0 aliphatic rings. The van der Waals surface area contributed by atoms with Crippen LogP contribution in [0.4, 0.5) is 18.0 Å². The van der Waals surface area contributed by atoms with Crippen LogP contribution in [-0.2, 0) is 4.79 Å². The second-order valence-electron chi connectivity index (χ2n) is 3.84. The van der Waals surface area contributed by atoms with E-state index in [4.69, 9.17) is 5.11 Å². The molecule has 0 aliphatic heterocycles. The van der Waals surface area contributed by atoms with Crippen molar-refractivity contribution in [3.05, 3.63) is 0 Å². The first-order valence-corrected chi connectivity index (χ1v) is 4.36. The van der Waals surface area contributed by atoms with Crippen molar-refractivity contribution in [1.82, 2.24) is 10.6 Å². The number of urea groups is 1. The normalized spacial score (nSPS) is 12.1. The molecule has 0 spiro atoms. The number of aliphatic carboxylic acids is 1. The van der Waals surface area contributed by atoms with Crippen molar-refractivity contribution >= 4 is 12.0 Å². The summed E-state index contributed by atoms with van der Waals surface area (Å²) in [6.45, 7) is 0.983. The van der Waals surface area contributed by atoms with Crippen molar-refractivity contribution < 1.29 is 27.9 Å². The fourth-order valence-corrected chi connectivity index (χ4v) is 0.620. The molecule has 5 nitrogen and oxygen atoms in total. The Balaban J connectivity index is 3.96. The van der Waals surface area contributed by atoms with E-state index in [0.717, 1.165) is 0 Å². The number of nitrogens with one attached hydrogen (secondary N) is 2. The van der Waals surface area contributed by atoms with E-state index in [2.05, 4.69) is 0 Å². The first-order chi connectivity index (χ1) is 7.04. The lowest BCUT2D eigenvalue weighted by Gasteiger charge is -2.19. The molecule has 0 radical (unpaired) electrons. The third kappa shape index (κ3) is 6.10. The van der Waals surface area contributed by atoms with Gasteiger partial charge in [-0.25, -0.2) is 4.79 Å². The Morgan fingerprint density at radius 2 is 1.56 bits per heavy atom. The highest BCUT2D eigenvalue weighted by atomic mass is 19.4. The molecule has 8 heteroatoms. The number of carbonyl (C=O) groups excluding carboxylic acids is 1. The third-order valence-electron chi connectivity index (χ3n) is 1.72. The number of hydrogen-bond donors (Lipinski definition) is 3. The zero-order chi connectivity index (χ0) is 13.0. The lowest BCUT2D eigenvalue weighted by Crippen LogP contribution is -2.45.